The zero-order chi connectivity index (χ0) is 23.0. The number of aliphatic hydroxyl groups excluding tert-OH is 1. The molecule has 5 atom stereocenters. The van der Waals surface area contributed by atoms with Crippen LogP contribution in [0.1, 0.15) is 87.8 Å². The molecule has 2 aromatic rings. The molecule has 0 radical (unpaired) electrons. The van der Waals surface area contributed by atoms with Crippen molar-refractivity contribution < 1.29 is 9.84 Å². The van der Waals surface area contributed by atoms with Crippen LogP contribution in [0.15, 0.2) is 36.2 Å². The van der Waals surface area contributed by atoms with Crippen LogP contribution in [0.2, 0.25) is 0 Å². The monoisotopic (exact) mass is 448 g/mol. The fourth-order valence-electron chi connectivity index (χ4n) is 7.09. The molecule has 1 aromatic carbocycles. The third-order valence-corrected chi connectivity index (χ3v) is 8.91. The van der Waals surface area contributed by atoms with Gasteiger partial charge in [0.15, 0.2) is 0 Å². The summed E-state index contributed by atoms with van der Waals surface area (Å²) in [5.41, 5.74) is 5.34. The number of nitrogens with zero attached hydrogens (tertiary/aromatic N) is 2. The highest BCUT2D eigenvalue weighted by Crippen LogP contribution is 2.62. The van der Waals surface area contributed by atoms with Crippen LogP contribution < -0.4 is 4.74 Å². The topological polar surface area (TPSA) is 47.3 Å². The molecule has 0 amide bonds. The minimum atomic E-state index is -0.339. The van der Waals surface area contributed by atoms with E-state index in [1.54, 1.807) is 5.56 Å². The van der Waals surface area contributed by atoms with Crippen molar-refractivity contribution >= 4 is 6.08 Å². The predicted octanol–water partition coefficient (Wildman–Crippen LogP) is 6.29. The summed E-state index contributed by atoms with van der Waals surface area (Å²) in [5, 5.41) is 15.7. The van der Waals surface area contributed by atoms with Gasteiger partial charge < -0.3 is 9.84 Å². The van der Waals surface area contributed by atoms with Gasteiger partial charge in [-0.15, -0.1) is 0 Å². The van der Waals surface area contributed by atoms with Crippen LogP contribution >= 0.6 is 0 Å². The lowest BCUT2D eigenvalue weighted by atomic mass is 9.55. The molecule has 33 heavy (non-hydrogen) atoms. The predicted molar refractivity (Wildman–Crippen MR) is 133 cm³/mol. The van der Waals surface area contributed by atoms with E-state index in [1.165, 1.54) is 43.2 Å². The Kier molecular flexibility index (Phi) is 6.39. The van der Waals surface area contributed by atoms with E-state index in [4.69, 9.17) is 4.74 Å². The molecule has 0 unspecified atom stereocenters. The second kappa shape index (κ2) is 9.29. The number of unbranched alkanes of at least 4 members (excludes halogenated alkanes) is 3. The van der Waals surface area contributed by atoms with Crippen molar-refractivity contribution in [3.63, 3.8) is 0 Å². The Hall–Kier alpha value is -2.07. The lowest BCUT2D eigenvalue weighted by Gasteiger charge is -2.49. The maximum absolute atomic E-state index is 11.4. The molecule has 2 fully saturated rings. The Morgan fingerprint density at radius 1 is 1.24 bits per heavy atom. The van der Waals surface area contributed by atoms with Crippen LogP contribution in [0.3, 0.4) is 0 Å². The van der Waals surface area contributed by atoms with Gasteiger partial charge in [-0.05, 0) is 85.1 Å². The molecule has 3 aliphatic rings. The minimum Gasteiger partial charge on any atom is -0.494 e. The summed E-state index contributed by atoms with van der Waals surface area (Å²) in [6, 6.07) is 6.87. The van der Waals surface area contributed by atoms with E-state index in [9.17, 15) is 5.11 Å². The normalized spacial score (nSPS) is 31.8. The SMILES string of the molecule is CCCCCCOc1ccc2c(c1)CC[C@@H]1[C@@H]2CC[C@]2(C)[C@@H]1C/C(=C\c1cnn(C)c1)[C@@H]2O. The van der Waals surface area contributed by atoms with Gasteiger partial charge in [-0.1, -0.05) is 45.3 Å². The average molecular weight is 449 g/mol. The summed E-state index contributed by atoms with van der Waals surface area (Å²) in [7, 11) is 1.95. The van der Waals surface area contributed by atoms with E-state index in [1.807, 2.05) is 24.1 Å². The lowest BCUT2D eigenvalue weighted by molar-refractivity contribution is -0.0158. The summed E-state index contributed by atoms with van der Waals surface area (Å²) in [4.78, 5) is 0. The van der Waals surface area contributed by atoms with Gasteiger partial charge in [0.1, 0.15) is 5.75 Å². The minimum absolute atomic E-state index is 0.00570. The van der Waals surface area contributed by atoms with Crippen molar-refractivity contribution in [3.05, 3.63) is 52.9 Å². The van der Waals surface area contributed by atoms with Crippen LogP contribution in [0.5, 0.6) is 5.75 Å². The molecule has 1 N–H and O–H groups in total. The lowest BCUT2D eigenvalue weighted by Crippen LogP contribution is -2.44. The second-order valence-electron chi connectivity index (χ2n) is 11.0. The molecular formula is C29H40N2O2. The van der Waals surface area contributed by atoms with Crippen molar-refractivity contribution in [1.82, 2.24) is 9.78 Å². The summed E-state index contributed by atoms with van der Waals surface area (Å²) in [6.07, 6.45) is 16.4. The summed E-state index contributed by atoms with van der Waals surface area (Å²) >= 11 is 0. The number of aryl methyl sites for hydroxylation is 2. The van der Waals surface area contributed by atoms with Gasteiger partial charge >= 0.3 is 0 Å². The van der Waals surface area contributed by atoms with Gasteiger partial charge in [0.05, 0.1) is 18.9 Å². The van der Waals surface area contributed by atoms with Crippen LogP contribution in [0, 0.1) is 17.3 Å². The van der Waals surface area contributed by atoms with E-state index in [2.05, 4.69) is 43.2 Å². The first kappa shape index (κ1) is 22.7. The van der Waals surface area contributed by atoms with E-state index >= 15 is 0 Å². The van der Waals surface area contributed by atoms with Crippen LogP contribution in [-0.4, -0.2) is 27.6 Å². The fraction of sp³-hybridized carbons (Fsp3) is 0.621. The summed E-state index contributed by atoms with van der Waals surface area (Å²) in [5.74, 6) is 2.88. The van der Waals surface area contributed by atoms with Crippen molar-refractivity contribution in [2.75, 3.05) is 6.61 Å². The first-order chi connectivity index (χ1) is 16.0. The van der Waals surface area contributed by atoms with Crippen LogP contribution in [0.25, 0.3) is 6.08 Å². The van der Waals surface area contributed by atoms with Gasteiger partial charge in [-0.2, -0.15) is 5.10 Å². The molecular weight excluding hydrogens is 408 g/mol. The zero-order valence-corrected chi connectivity index (χ0v) is 20.6. The zero-order valence-electron chi connectivity index (χ0n) is 20.6. The van der Waals surface area contributed by atoms with Crippen molar-refractivity contribution in [2.45, 2.75) is 83.7 Å². The van der Waals surface area contributed by atoms with E-state index in [0.717, 1.165) is 43.6 Å². The largest absolute Gasteiger partial charge is 0.494 e. The van der Waals surface area contributed by atoms with E-state index in [0.29, 0.717) is 17.8 Å². The van der Waals surface area contributed by atoms with Crippen molar-refractivity contribution in [1.29, 1.82) is 0 Å². The van der Waals surface area contributed by atoms with Crippen molar-refractivity contribution in [2.24, 2.45) is 24.3 Å². The number of hydrogen-bond donors (Lipinski definition) is 1. The Balaban J connectivity index is 1.31. The van der Waals surface area contributed by atoms with E-state index < -0.39 is 0 Å². The number of aliphatic hydroxyl groups is 1. The third-order valence-electron chi connectivity index (χ3n) is 8.91. The number of hydrogen-bond acceptors (Lipinski definition) is 3. The Morgan fingerprint density at radius 3 is 2.91 bits per heavy atom. The Morgan fingerprint density at radius 2 is 2.12 bits per heavy atom. The van der Waals surface area contributed by atoms with Crippen molar-refractivity contribution in [3.8, 4) is 5.75 Å². The molecule has 5 rings (SSSR count). The average Bonchev–Trinajstić information content (AvgIpc) is 3.34. The fourth-order valence-corrected chi connectivity index (χ4v) is 7.09. The molecule has 1 heterocycles. The number of benzene rings is 1. The smallest absolute Gasteiger partial charge is 0.119 e. The van der Waals surface area contributed by atoms with Gasteiger partial charge in [-0.25, -0.2) is 0 Å². The molecule has 0 bridgehead atoms. The van der Waals surface area contributed by atoms with Gasteiger partial charge in [0, 0.05) is 24.2 Å². The highest BCUT2D eigenvalue weighted by Gasteiger charge is 2.56. The summed E-state index contributed by atoms with van der Waals surface area (Å²) < 4.78 is 7.91. The molecule has 4 heteroatoms. The first-order valence-corrected chi connectivity index (χ1v) is 13.1. The maximum atomic E-state index is 11.4. The molecule has 0 spiro atoms. The molecule has 178 valence electrons. The second-order valence-corrected chi connectivity index (χ2v) is 11.0. The quantitative estimate of drug-likeness (QED) is 0.506. The highest BCUT2D eigenvalue weighted by molar-refractivity contribution is 5.54. The molecule has 0 saturated heterocycles. The van der Waals surface area contributed by atoms with E-state index in [-0.39, 0.29) is 11.5 Å². The third kappa shape index (κ3) is 4.27. The molecule has 4 nitrogen and oxygen atoms in total. The maximum Gasteiger partial charge on any atom is 0.119 e. The van der Waals surface area contributed by atoms with Crippen LogP contribution in [-0.2, 0) is 13.5 Å². The highest BCUT2D eigenvalue weighted by atomic mass is 16.5. The Labute approximate surface area is 199 Å². The molecule has 2 saturated carbocycles. The van der Waals surface area contributed by atoms with Crippen LogP contribution in [0.4, 0.5) is 0 Å². The molecule has 3 aliphatic carbocycles. The van der Waals surface area contributed by atoms with Gasteiger partial charge in [0.2, 0.25) is 0 Å². The van der Waals surface area contributed by atoms with Gasteiger partial charge in [-0.3, -0.25) is 4.68 Å². The first-order valence-electron chi connectivity index (χ1n) is 13.1. The Bertz CT molecular complexity index is 1010. The number of ether oxygens (including phenoxy) is 1. The number of rotatable bonds is 7. The number of aromatic nitrogens is 2. The standard InChI is InChI=1S/C29H40N2O2/c1-4-5-6-7-14-33-23-9-11-24-21(16-23)8-10-26-25(24)12-13-29(2)27(26)17-22(28(29)32)15-20-18-30-31(3)19-20/h9,11,15-16,18-19,25-28,32H,4-8,10,12-14,17H2,1-3H3/b22-15+/t25-,26-,27-,28+,29-/m1/s1. The van der Waals surface area contributed by atoms with Gasteiger partial charge in [0.25, 0.3) is 0 Å². The molecule has 0 aliphatic heterocycles. The number of fused-ring (bicyclic) bond motifs is 5. The summed E-state index contributed by atoms with van der Waals surface area (Å²) in [6.45, 7) is 5.42. The molecule has 1 aromatic heterocycles.